The molecule has 0 atom stereocenters. The molecule has 7 nitrogen and oxygen atoms in total. The van der Waals surface area contributed by atoms with Crippen LogP contribution in [-0.4, -0.2) is 31.7 Å². The number of esters is 1. The SMILES string of the molecule is C=CCn1c(=O)n2nc(C(=O)OCC)nc2c2ccccc21. The van der Waals surface area contributed by atoms with Gasteiger partial charge in [0.25, 0.3) is 5.82 Å². The Balaban J connectivity index is 2.38. The number of allylic oxidation sites excluding steroid dienone is 1. The molecule has 0 aliphatic heterocycles. The normalized spacial score (nSPS) is 11.0. The van der Waals surface area contributed by atoms with E-state index < -0.39 is 5.97 Å². The maximum absolute atomic E-state index is 12.5. The van der Waals surface area contributed by atoms with Gasteiger partial charge in [-0.05, 0) is 19.1 Å². The second-order valence-electron chi connectivity index (χ2n) is 4.59. The molecule has 0 fully saturated rings. The lowest BCUT2D eigenvalue weighted by atomic mass is 10.2. The van der Waals surface area contributed by atoms with E-state index in [0.717, 1.165) is 9.90 Å². The van der Waals surface area contributed by atoms with Crippen LogP contribution in [0.3, 0.4) is 0 Å². The first kappa shape index (κ1) is 14.0. The second-order valence-corrected chi connectivity index (χ2v) is 4.59. The van der Waals surface area contributed by atoms with Crippen molar-refractivity contribution in [3.8, 4) is 0 Å². The topological polar surface area (TPSA) is 78.5 Å². The number of fused-ring (bicyclic) bond motifs is 3. The van der Waals surface area contributed by atoms with Crippen molar-refractivity contribution in [3.05, 3.63) is 53.2 Å². The van der Waals surface area contributed by atoms with Gasteiger partial charge in [0.15, 0.2) is 5.65 Å². The Bertz CT molecular complexity index is 939. The number of hydrogen-bond donors (Lipinski definition) is 0. The first-order chi connectivity index (χ1) is 10.7. The van der Waals surface area contributed by atoms with Gasteiger partial charge in [-0.15, -0.1) is 11.7 Å². The summed E-state index contributed by atoms with van der Waals surface area (Å²) in [5, 5.41) is 4.72. The van der Waals surface area contributed by atoms with Crippen molar-refractivity contribution in [1.82, 2.24) is 19.2 Å². The zero-order valence-corrected chi connectivity index (χ0v) is 12.0. The van der Waals surface area contributed by atoms with Crippen molar-refractivity contribution in [1.29, 1.82) is 0 Å². The fourth-order valence-corrected chi connectivity index (χ4v) is 2.32. The Hall–Kier alpha value is -2.96. The average molecular weight is 298 g/mol. The fraction of sp³-hybridized carbons (Fsp3) is 0.200. The van der Waals surface area contributed by atoms with E-state index in [1.807, 2.05) is 24.3 Å². The van der Waals surface area contributed by atoms with Crippen LogP contribution in [0.2, 0.25) is 0 Å². The van der Waals surface area contributed by atoms with Crippen LogP contribution in [0.15, 0.2) is 41.7 Å². The molecule has 2 aromatic heterocycles. The van der Waals surface area contributed by atoms with Gasteiger partial charge in [-0.3, -0.25) is 4.57 Å². The van der Waals surface area contributed by atoms with Crippen LogP contribution in [0.25, 0.3) is 16.6 Å². The zero-order valence-electron chi connectivity index (χ0n) is 12.0. The average Bonchev–Trinajstić information content (AvgIpc) is 2.97. The van der Waals surface area contributed by atoms with Gasteiger partial charge in [-0.2, -0.15) is 4.52 Å². The highest BCUT2D eigenvalue weighted by Crippen LogP contribution is 2.17. The minimum absolute atomic E-state index is 0.125. The van der Waals surface area contributed by atoms with Crippen LogP contribution in [0.1, 0.15) is 17.5 Å². The van der Waals surface area contributed by atoms with Crippen molar-refractivity contribution in [2.24, 2.45) is 0 Å². The molecule has 2 heterocycles. The summed E-state index contributed by atoms with van der Waals surface area (Å²) in [6.45, 7) is 5.91. The van der Waals surface area contributed by atoms with Gasteiger partial charge in [0.2, 0.25) is 0 Å². The minimum Gasteiger partial charge on any atom is -0.460 e. The van der Waals surface area contributed by atoms with Gasteiger partial charge in [-0.1, -0.05) is 18.2 Å². The zero-order chi connectivity index (χ0) is 15.7. The van der Waals surface area contributed by atoms with E-state index in [9.17, 15) is 9.59 Å². The third-order valence-corrected chi connectivity index (χ3v) is 3.22. The Labute approximate surface area is 125 Å². The number of rotatable bonds is 4. The van der Waals surface area contributed by atoms with Crippen LogP contribution in [0.5, 0.6) is 0 Å². The first-order valence-corrected chi connectivity index (χ1v) is 6.83. The number of hydrogen-bond acceptors (Lipinski definition) is 5. The maximum Gasteiger partial charge on any atom is 0.378 e. The van der Waals surface area contributed by atoms with Gasteiger partial charge < -0.3 is 4.74 Å². The van der Waals surface area contributed by atoms with Crippen molar-refractivity contribution in [2.75, 3.05) is 6.61 Å². The van der Waals surface area contributed by atoms with E-state index in [2.05, 4.69) is 16.7 Å². The van der Waals surface area contributed by atoms with Crippen LogP contribution >= 0.6 is 0 Å². The second kappa shape index (κ2) is 5.44. The summed E-state index contributed by atoms with van der Waals surface area (Å²) in [4.78, 5) is 28.5. The maximum atomic E-state index is 12.5. The number of aromatic nitrogens is 4. The molecule has 0 saturated heterocycles. The largest absolute Gasteiger partial charge is 0.460 e. The molecular formula is C15H14N4O3. The molecule has 112 valence electrons. The molecule has 1 aromatic carbocycles. The van der Waals surface area contributed by atoms with E-state index in [0.29, 0.717) is 17.7 Å². The molecule has 0 spiro atoms. The van der Waals surface area contributed by atoms with E-state index in [1.165, 1.54) is 4.57 Å². The molecule has 0 unspecified atom stereocenters. The standard InChI is InChI=1S/C15H14N4O3/c1-3-9-18-11-8-6-5-7-10(11)13-16-12(14(20)22-4-2)17-19(13)15(18)21/h3,5-8H,1,4,9H2,2H3. The summed E-state index contributed by atoms with van der Waals surface area (Å²) >= 11 is 0. The number of nitrogens with zero attached hydrogens (tertiary/aromatic N) is 4. The predicted molar refractivity (Wildman–Crippen MR) is 80.9 cm³/mol. The third kappa shape index (κ3) is 2.07. The van der Waals surface area contributed by atoms with Gasteiger partial charge in [-0.25, -0.2) is 14.6 Å². The summed E-state index contributed by atoms with van der Waals surface area (Å²) in [6, 6.07) is 7.32. The number of ether oxygens (including phenoxy) is 1. The summed E-state index contributed by atoms with van der Waals surface area (Å²) in [5.74, 6) is -0.773. The lowest BCUT2D eigenvalue weighted by Gasteiger charge is -2.08. The Morgan fingerprint density at radius 3 is 2.91 bits per heavy atom. The highest BCUT2D eigenvalue weighted by atomic mass is 16.5. The molecule has 3 rings (SSSR count). The predicted octanol–water partition coefficient (Wildman–Crippen LogP) is 1.41. The smallest absolute Gasteiger partial charge is 0.378 e. The Kier molecular flexibility index (Phi) is 3.46. The molecular weight excluding hydrogens is 284 g/mol. The molecule has 0 saturated carbocycles. The monoisotopic (exact) mass is 298 g/mol. The number of para-hydroxylation sites is 1. The van der Waals surface area contributed by atoms with Gasteiger partial charge in [0, 0.05) is 11.9 Å². The first-order valence-electron chi connectivity index (χ1n) is 6.83. The lowest BCUT2D eigenvalue weighted by molar-refractivity contribution is 0.0512. The van der Waals surface area contributed by atoms with Crippen molar-refractivity contribution in [2.45, 2.75) is 13.5 Å². The molecule has 22 heavy (non-hydrogen) atoms. The third-order valence-electron chi connectivity index (χ3n) is 3.22. The van der Waals surface area contributed by atoms with Gasteiger partial charge >= 0.3 is 11.7 Å². The highest BCUT2D eigenvalue weighted by Gasteiger charge is 2.18. The highest BCUT2D eigenvalue weighted by molar-refractivity contribution is 5.93. The van der Waals surface area contributed by atoms with E-state index in [1.54, 1.807) is 13.0 Å². The van der Waals surface area contributed by atoms with Gasteiger partial charge in [0.05, 0.1) is 12.1 Å². The molecule has 0 aliphatic rings. The molecule has 0 aliphatic carbocycles. The van der Waals surface area contributed by atoms with Crippen LogP contribution < -0.4 is 5.69 Å². The molecule has 0 radical (unpaired) electrons. The summed E-state index contributed by atoms with van der Waals surface area (Å²) in [6.07, 6.45) is 1.63. The fourth-order valence-electron chi connectivity index (χ4n) is 2.32. The number of benzene rings is 1. The lowest BCUT2D eigenvalue weighted by Crippen LogP contribution is -2.27. The molecule has 0 bridgehead atoms. The Morgan fingerprint density at radius 1 is 1.41 bits per heavy atom. The van der Waals surface area contributed by atoms with Crippen LogP contribution in [-0.2, 0) is 11.3 Å². The Morgan fingerprint density at radius 2 is 2.18 bits per heavy atom. The summed E-state index contributed by atoms with van der Waals surface area (Å²) in [7, 11) is 0. The minimum atomic E-state index is -0.648. The van der Waals surface area contributed by atoms with E-state index in [-0.39, 0.29) is 18.1 Å². The number of carbonyl (C=O) groups excluding carboxylic acids is 1. The number of carbonyl (C=O) groups is 1. The summed E-state index contributed by atoms with van der Waals surface area (Å²) in [5.41, 5.74) is 0.670. The molecule has 7 heteroatoms. The van der Waals surface area contributed by atoms with Crippen molar-refractivity contribution in [3.63, 3.8) is 0 Å². The summed E-state index contributed by atoms with van der Waals surface area (Å²) < 4.78 is 7.53. The van der Waals surface area contributed by atoms with Gasteiger partial charge in [0.1, 0.15) is 0 Å². The van der Waals surface area contributed by atoms with E-state index in [4.69, 9.17) is 4.74 Å². The molecule has 0 N–H and O–H groups in total. The van der Waals surface area contributed by atoms with E-state index >= 15 is 0 Å². The quantitative estimate of drug-likeness (QED) is 0.537. The molecule has 0 amide bonds. The van der Waals surface area contributed by atoms with Crippen molar-refractivity contribution >= 4 is 22.5 Å². The van der Waals surface area contributed by atoms with Crippen molar-refractivity contribution < 1.29 is 9.53 Å². The van der Waals surface area contributed by atoms with Crippen LogP contribution in [0, 0.1) is 0 Å². The molecule has 3 aromatic rings. The van der Waals surface area contributed by atoms with Crippen LogP contribution in [0.4, 0.5) is 0 Å².